The van der Waals surface area contributed by atoms with Crippen LogP contribution in [0.2, 0.25) is 0 Å². The second-order valence-corrected chi connectivity index (χ2v) is 8.53. The first-order valence-corrected chi connectivity index (χ1v) is 10.9. The number of carbonyl (C=O) groups excluding carboxylic acids is 1. The molecule has 28 heavy (non-hydrogen) atoms. The highest BCUT2D eigenvalue weighted by Crippen LogP contribution is 2.28. The zero-order chi connectivity index (χ0) is 20.3. The van der Waals surface area contributed by atoms with Crippen molar-refractivity contribution in [1.82, 2.24) is 24.8 Å². The van der Waals surface area contributed by atoms with Crippen LogP contribution in [0.3, 0.4) is 0 Å². The minimum atomic E-state index is -3.75. The molecule has 1 saturated carbocycles. The lowest BCUT2D eigenvalue weighted by molar-refractivity contribution is 0.0953. The summed E-state index contributed by atoms with van der Waals surface area (Å²) in [5.41, 5.74) is 0.242. The number of hydrogen-bond donors (Lipinski definition) is 3. The number of benzene rings is 1. The zero-order valence-corrected chi connectivity index (χ0v) is 17.3. The largest absolute Gasteiger partial charge is 0.495 e. The Hall–Kier alpha value is -2.24. The minimum Gasteiger partial charge on any atom is -0.495 e. The number of amides is 1. The molecule has 1 heterocycles. The van der Waals surface area contributed by atoms with E-state index in [2.05, 4.69) is 20.2 Å². The Labute approximate surface area is 168 Å². The Bertz CT molecular complexity index is 1020. The lowest BCUT2D eigenvalue weighted by Crippen LogP contribution is -2.28. The van der Waals surface area contributed by atoms with E-state index in [1.165, 1.54) is 25.3 Å². The normalized spacial score (nSPS) is 14.1. The molecule has 0 radical (unpaired) electrons. The summed E-state index contributed by atoms with van der Waals surface area (Å²) in [5.74, 6) is 0.574. The number of sulfonamides is 1. The zero-order valence-electron chi connectivity index (χ0n) is 15.7. The molecule has 152 valence electrons. The molecular formula is C17H23N5O4S2. The van der Waals surface area contributed by atoms with Crippen LogP contribution in [-0.4, -0.2) is 48.8 Å². The Balaban J connectivity index is 1.71. The van der Waals surface area contributed by atoms with Gasteiger partial charge in [-0.3, -0.25) is 9.89 Å². The molecule has 0 atom stereocenters. The Kier molecular flexibility index (Phi) is 6.16. The van der Waals surface area contributed by atoms with Crippen LogP contribution in [0.5, 0.6) is 5.75 Å². The van der Waals surface area contributed by atoms with Crippen LogP contribution in [0, 0.1) is 4.77 Å². The third kappa shape index (κ3) is 4.59. The van der Waals surface area contributed by atoms with E-state index in [9.17, 15) is 13.2 Å². The van der Waals surface area contributed by atoms with Gasteiger partial charge in [0.15, 0.2) is 4.77 Å². The van der Waals surface area contributed by atoms with Crippen molar-refractivity contribution in [2.45, 2.75) is 43.7 Å². The second-order valence-electron chi connectivity index (χ2n) is 6.46. The number of hydrogen-bond acceptors (Lipinski definition) is 6. The van der Waals surface area contributed by atoms with Gasteiger partial charge in [-0.25, -0.2) is 13.1 Å². The molecule has 0 bridgehead atoms. The maximum atomic E-state index is 12.6. The summed E-state index contributed by atoms with van der Waals surface area (Å²) in [6, 6.07) is 4.31. The first-order chi connectivity index (χ1) is 13.4. The van der Waals surface area contributed by atoms with Crippen LogP contribution in [0.15, 0.2) is 23.1 Å². The highest BCUT2D eigenvalue weighted by molar-refractivity contribution is 7.89. The van der Waals surface area contributed by atoms with Gasteiger partial charge in [0.05, 0.1) is 7.11 Å². The quantitative estimate of drug-likeness (QED) is 0.523. The van der Waals surface area contributed by atoms with E-state index < -0.39 is 10.0 Å². The highest BCUT2D eigenvalue weighted by Gasteiger charge is 2.30. The molecule has 1 amide bonds. The molecule has 1 aliphatic rings. The summed E-state index contributed by atoms with van der Waals surface area (Å²) in [4.78, 5) is 12.4. The summed E-state index contributed by atoms with van der Waals surface area (Å²) < 4.78 is 35.3. The van der Waals surface area contributed by atoms with Crippen LogP contribution < -0.4 is 14.8 Å². The van der Waals surface area contributed by atoms with Gasteiger partial charge in [0.2, 0.25) is 10.0 Å². The van der Waals surface area contributed by atoms with E-state index in [4.69, 9.17) is 17.0 Å². The molecule has 9 nitrogen and oxygen atoms in total. The van der Waals surface area contributed by atoms with Gasteiger partial charge in [0.1, 0.15) is 16.5 Å². The van der Waals surface area contributed by atoms with Crippen molar-refractivity contribution >= 4 is 28.1 Å². The van der Waals surface area contributed by atoms with Gasteiger partial charge in [-0.1, -0.05) is 0 Å². The van der Waals surface area contributed by atoms with Crippen LogP contribution >= 0.6 is 12.2 Å². The number of nitrogens with one attached hydrogen (secondary N) is 3. The number of carbonyl (C=O) groups is 1. The Morgan fingerprint density at radius 2 is 2.18 bits per heavy atom. The molecule has 2 aromatic rings. The van der Waals surface area contributed by atoms with Gasteiger partial charge >= 0.3 is 0 Å². The summed E-state index contributed by atoms with van der Waals surface area (Å²) in [7, 11) is -2.36. The van der Waals surface area contributed by atoms with Crippen molar-refractivity contribution in [2.24, 2.45) is 0 Å². The van der Waals surface area contributed by atoms with Gasteiger partial charge in [-0.15, -0.1) is 0 Å². The van der Waals surface area contributed by atoms with Crippen molar-refractivity contribution in [1.29, 1.82) is 0 Å². The van der Waals surface area contributed by atoms with Crippen molar-refractivity contribution in [2.75, 3.05) is 13.7 Å². The van der Waals surface area contributed by atoms with Crippen LogP contribution in [-0.2, 0) is 23.0 Å². The average Bonchev–Trinajstić information content (AvgIpc) is 3.41. The number of H-pyrrole nitrogens is 1. The van der Waals surface area contributed by atoms with Gasteiger partial charge in [-0.05, 0) is 50.2 Å². The fourth-order valence-corrected chi connectivity index (χ4v) is 4.55. The Morgan fingerprint density at radius 3 is 2.82 bits per heavy atom. The van der Waals surface area contributed by atoms with Crippen LogP contribution in [0.4, 0.5) is 0 Å². The summed E-state index contributed by atoms with van der Waals surface area (Å²) >= 11 is 5.14. The molecule has 11 heteroatoms. The summed E-state index contributed by atoms with van der Waals surface area (Å²) in [6.07, 6.45) is 2.13. The van der Waals surface area contributed by atoms with Crippen molar-refractivity contribution in [3.8, 4) is 5.75 Å². The lowest BCUT2D eigenvalue weighted by atomic mass is 10.2. The van der Waals surface area contributed by atoms with E-state index >= 15 is 0 Å². The number of methoxy groups -OCH3 is 1. The van der Waals surface area contributed by atoms with Gasteiger partial charge in [-0.2, -0.15) is 5.10 Å². The van der Waals surface area contributed by atoms with Gasteiger partial charge in [0.25, 0.3) is 5.91 Å². The maximum Gasteiger partial charge on any atom is 0.251 e. The number of nitrogens with zero attached hydrogens (tertiary/aromatic N) is 2. The van der Waals surface area contributed by atoms with Crippen molar-refractivity contribution in [3.63, 3.8) is 0 Å². The van der Waals surface area contributed by atoms with E-state index in [0.717, 1.165) is 18.7 Å². The van der Waals surface area contributed by atoms with Crippen molar-refractivity contribution in [3.05, 3.63) is 34.4 Å². The molecule has 1 fully saturated rings. The fraction of sp³-hybridized carbons (Fsp3) is 0.471. The molecule has 0 spiro atoms. The smallest absolute Gasteiger partial charge is 0.251 e. The molecule has 3 N–H and O–H groups in total. The average molecular weight is 426 g/mol. The van der Waals surface area contributed by atoms with Gasteiger partial charge < -0.3 is 14.6 Å². The fourth-order valence-electron chi connectivity index (χ4n) is 2.77. The van der Waals surface area contributed by atoms with E-state index in [1.54, 1.807) is 0 Å². The topological polar surface area (TPSA) is 118 Å². The van der Waals surface area contributed by atoms with E-state index in [1.807, 2.05) is 11.5 Å². The number of aromatic amines is 1. The Morgan fingerprint density at radius 1 is 1.43 bits per heavy atom. The number of ether oxygens (including phenoxy) is 1. The van der Waals surface area contributed by atoms with Gasteiger partial charge in [0, 0.05) is 31.1 Å². The molecule has 0 aliphatic heterocycles. The molecule has 0 saturated heterocycles. The van der Waals surface area contributed by atoms with E-state index in [-0.39, 0.29) is 28.2 Å². The monoisotopic (exact) mass is 425 g/mol. The second kappa shape index (κ2) is 8.41. The van der Waals surface area contributed by atoms with Crippen LogP contribution in [0.1, 0.15) is 35.9 Å². The molecular weight excluding hydrogens is 402 g/mol. The maximum absolute atomic E-state index is 12.6. The predicted octanol–water partition coefficient (Wildman–Crippen LogP) is 1.38. The lowest BCUT2D eigenvalue weighted by Gasteiger charge is -2.12. The van der Waals surface area contributed by atoms with Crippen molar-refractivity contribution < 1.29 is 17.9 Å². The third-order valence-electron chi connectivity index (χ3n) is 4.40. The number of aromatic nitrogens is 3. The summed E-state index contributed by atoms with van der Waals surface area (Å²) in [6.45, 7) is 2.99. The first-order valence-electron chi connectivity index (χ1n) is 8.98. The predicted molar refractivity (Wildman–Crippen MR) is 105 cm³/mol. The highest BCUT2D eigenvalue weighted by atomic mass is 32.2. The standard InChI is InChI=1S/C17H23N5O4S2/c1-3-22-15(19-20-17(22)27)8-9-18-16(23)11-4-7-13(26-2)14(10-11)28(24,25)21-12-5-6-12/h4,7,10,12,21H,3,5-6,8-9H2,1-2H3,(H,18,23)(H,20,27). The van der Waals surface area contributed by atoms with Crippen LogP contribution in [0.25, 0.3) is 0 Å². The first kappa shape index (κ1) is 20.5. The SMILES string of the molecule is CCn1c(CCNC(=O)c2ccc(OC)c(S(=O)(=O)NC3CC3)c2)n[nH]c1=S. The molecule has 1 aliphatic carbocycles. The molecule has 1 aromatic heterocycles. The minimum absolute atomic E-state index is 0.0403. The number of rotatable bonds is 9. The molecule has 3 rings (SSSR count). The van der Waals surface area contributed by atoms with E-state index in [0.29, 0.717) is 24.3 Å². The molecule has 1 aromatic carbocycles. The molecule has 0 unspecified atom stereocenters. The third-order valence-corrected chi connectivity index (χ3v) is 6.26. The summed E-state index contributed by atoms with van der Waals surface area (Å²) in [5, 5.41) is 9.66.